The van der Waals surface area contributed by atoms with E-state index in [2.05, 4.69) is 22.0 Å². The van der Waals surface area contributed by atoms with Gasteiger partial charge in [0, 0.05) is 25.0 Å². The molecule has 0 aliphatic rings. The average Bonchev–Trinajstić information content (AvgIpc) is 2.91. The molecule has 4 heteroatoms. The highest BCUT2D eigenvalue weighted by atomic mass is 16.3. The molecule has 1 unspecified atom stereocenters. The lowest BCUT2D eigenvalue weighted by atomic mass is 10.1. The zero-order valence-corrected chi connectivity index (χ0v) is 11.5. The van der Waals surface area contributed by atoms with E-state index >= 15 is 0 Å². The zero-order chi connectivity index (χ0) is 13.7. The van der Waals surface area contributed by atoms with E-state index in [1.54, 1.807) is 6.20 Å². The van der Waals surface area contributed by atoms with Gasteiger partial charge < -0.3 is 5.11 Å². The predicted molar refractivity (Wildman–Crippen MR) is 75.7 cm³/mol. The molecular weight excluding hydrogens is 238 g/mol. The van der Waals surface area contributed by atoms with Crippen LogP contribution < -0.4 is 0 Å². The molecule has 1 atom stereocenters. The van der Waals surface area contributed by atoms with Gasteiger partial charge in [0.15, 0.2) is 0 Å². The maximum Gasteiger partial charge on any atom is 0.0917 e. The Labute approximate surface area is 114 Å². The molecular formula is C15H21N3O. The van der Waals surface area contributed by atoms with E-state index in [9.17, 15) is 5.11 Å². The molecule has 0 aliphatic carbocycles. The largest absolute Gasteiger partial charge is 0.387 e. The van der Waals surface area contributed by atoms with Gasteiger partial charge in [0.1, 0.15) is 0 Å². The first kappa shape index (κ1) is 13.8. The molecule has 19 heavy (non-hydrogen) atoms. The van der Waals surface area contributed by atoms with Gasteiger partial charge in [0.05, 0.1) is 6.10 Å². The first-order chi connectivity index (χ1) is 9.19. The second kappa shape index (κ2) is 6.50. The van der Waals surface area contributed by atoms with E-state index < -0.39 is 6.10 Å². The highest BCUT2D eigenvalue weighted by molar-refractivity contribution is 5.23. The normalized spacial score (nSPS) is 12.8. The van der Waals surface area contributed by atoms with Crippen molar-refractivity contribution >= 4 is 0 Å². The lowest BCUT2D eigenvalue weighted by Crippen LogP contribution is -2.28. The van der Waals surface area contributed by atoms with Crippen molar-refractivity contribution in [1.29, 1.82) is 0 Å². The van der Waals surface area contributed by atoms with Gasteiger partial charge in [-0.1, -0.05) is 36.8 Å². The van der Waals surface area contributed by atoms with Crippen molar-refractivity contribution in [2.24, 2.45) is 0 Å². The van der Waals surface area contributed by atoms with Crippen molar-refractivity contribution in [2.75, 3.05) is 13.1 Å². The molecule has 2 aromatic rings. The van der Waals surface area contributed by atoms with E-state index in [0.717, 1.165) is 24.3 Å². The van der Waals surface area contributed by atoms with Crippen LogP contribution in [0.2, 0.25) is 0 Å². The summed E-state index contributed by atoms with van der Waals surface area (Å²) in [4.78, 5) is 2.19. The molecule has 0 aliphatic heterocycles. The summed E-state index contributed by atoms with van der Waals surface area (Å²) in [7, 11) is 0. The van der Waals surface area contributed by atoms with E-state index in [1.165, 1.54) is 5.56 Å². The number of H-pyrrole nitrogens is 1. The number of hydrogen-bond donors (Lipinski definition) is 2. The first-order valence-corrected chi connectivity index (χ1v) is 6.64. The van der Waals surface area contributed by atoms with E-state index in [-0.39, 0.29) is 0 Å². The Morgan fingerprint density at radius 1 is 1.26 bits per heavy atom. The molecule has 0 bridgehead atoms. The molecule has 1 heterocycles. The van der Waals surface area contributed by atoms with Crippen LogP contribution in [0.5, 0.6) is 0 Å². The molecule has 0 spiro atoms. The lowest BCUT2D eigenvalue weighted by Gasteiger charge is -2.23. The summed E-state index contributed by atoms with van der Waals surface area (Å²) < 4.78 is 0. The Balaban J connectivity index is 1.95. The number of aliphatic hydroxyl groups is 1. The van der Waals surface area contributed by atoms with E-state index in [1.807, 2.05) is 37.3 Å². The molecule has 0 saturated heterocycles. The zero-order valence-electron chi connectivity index (χ0n) is 11.5. The Hall–Kier alpha value is -1.65. The number of aryl methyl sites for hydroxylation is 1. The molecule has 0 fully saturated rings. The first-order valence-electron chi connectivity index (χ1n) is 6.64. The molecule has 0 amide bonds. The SMILES string of the molecule is CCN(Cc1ccn[nH]1)CC(O)c1ccc(C)cc1. The quantitative estimate of drug-likeness (QED) is 0.836. The average molecular weight is 259 g/mol. The van der Waals surface area contributed by atoms with Crippen LogP contribution in [0.4, 0.5) is 0 Å². The molecule has 2 rings (SSSR count). The van der Waals surface area contributed by atoms with E-state index in [4.69, 9.17) is 0 Å². The van der Waals surface area contributed by atoms with Crippen LogP contribution in [0.1, 0.15) is 29.8 Å². The van der Waals surface area contributed by atoms with Gasteiger partial charge in [-0.15, -0.1) is 0 Å². The molecule has 102 valence electrons. The van der Waals surface area contributed by atoms with Crippen molar-refractivity contribution in [1.82, 2.24) is 15.1 Å². The Kier molecular flexibility index (Phi) is 4.71. The van der Waals surface area contributed by atoms with Crippen molar-refractivity contribution < 1.29 is 5.11 Å². The van der Waals surface area contributed by atoms with Crippen LogP contribution in [-0.4, -0.2) is 33.3 Å². The van der Waals surface area contributed by atoms with Crippen molar-refractivity contribution in [3.05, 3.63) is 53.3 Å². The van der Waals surface area contributed by atoms with Gasteiger partial charge in [-0.2, -0.15) is 5.10 Å². The molecule has 1 aromatic heterocycles. The number of aromatic amines is 1. The predicted octanol–water partition coefficient (Wildman–Crippen LogP) is 2.27. The number of rotatable bonds is 6. The summed E-state index contributed by atoms with van der Waals surface area (Å²) in [5.74, 6) is 0. The lowest BCUT2D eigenvalue weighted by molar-refractivity contribution is 0.111. The van der Waals surface area contributed by atoms with Crippen LogP contribution in [0.15, 0.2) is 36.5 Å². The highest BCUT2D eigenvalue weighted by Gasteiger charge is 2.13. The fraction of sp³-hybridized carbons (Fsp3) is 0.400. The third-order valence-electron chi connectivity index (χ3n) is 3.29. The monoisotopic (exact) mass is 259 g/mol. The molecule has 0 radical (unpaired) electrons. The van der Waals surface area contributed by atoms with Crippen molar-refractivity contribution in [3.8, 4) is 0 Å². The smallest absolute Gasteiger partial charge is 0.0917 e. The highest BCUT2D eigenvalue weighted by Crippen LogP contribution is 2.16. The van der Waals surface area contributed by atoms with Gasteiger partial charge in [-0.25, -0.2) is 0 Å². The second-order valence-electron chi connectivity index (χ2n) is 4.84. The third-order valence-corrected chi connectivity index (χ3v) is 3.29. The van der Waals surface area contributed by atoms with Gasteiger partial charge in [0.2, 0.25) is 0 Å². The molecule has 1 aromatic carbocycles. The van der Waals surface area contributed by atoms with Crippen molar-refractivity contribution in [2.45, 2.75) is 26.5 Å². The Morgan fingerprint density at radius 2 is 2.00 bits per heavy atom. The Morgan fingerprint density at radius 3 is 2.58 bits per heavy atom. The summed E-state index contributed by atoms with van der Waals surface area (Å²) in [6, 6.07) is 10.0. The topological polar surface area (TPSA) is 52.2 Å². The minimum atomic E-state index is -0.455. The van der Waals surface area contributed by atoms with Gasteiger partial charge >= 0.3 is 0 Å². The van der Waals surface area contributed by atoms with E-state index in [0.29, 0.717) is 6.54 Å². The van der Waals surface area contributed by atoms with Gasteiger partial charge in [-0.05, 0) is 25.1 Å². The van der Waals surface area contributed by atoms with Gasteiger partial charge in [-0.3, -0.25) is 10.00 Å². The minimum absolute atomic E-state index is 0.455. The van der Waals surface area contributed by atoms with Crippen LogP contribution >= 0.6 is 0 Å². The number of benzene rings is 1. The maximum absolute atomic E-state index is 10.3. The molecule has 0 saturated carbocycles. The number of aliphatic hydroxyl groups excluding tert-OH is 1. The summed E-state index contributed by atoms with van der Waals surface area (Å²) in [6.07, 6.45) is 1.29. The molecule has 2 N–H and O–H groups in total. The van der Waals surface area contributed by atoms with Crippen molar-refractivity contribution in [3.63, 3.8) is 0 Å². The summed E-state index contributed by atoms with van der Waals surface area (Å²) >= 11 is 0. The standard InChI is InChI=1S/C15H21N3O/c1-3-18(10-14-8-9-16-17-14)11-15(19)13-6-4-12(2)5-7-13/h4-9,15,19H,3,10-11H2,1-2H3,(H,16,17). The Bertz CT molecular complexity index is 479. The van der Waals surface area contributed by atoms with Gasteiger partial charge in [0.25, 0.3) is 0 Å². The number of aromatic nitrogens is 2. The minimum Gasteiger partial charge on any atom is -0.387 e. The van der Waals surface area contributed by atoms with Crippen LogP contribution in [0.25, 0.3) is 0 Å². The molecule has 4 nitrogen and oxygen atoms in total. The summed E-state index contributed by atoms with van der Waals surface area (Å²) in [5.41, 5.74) is 3.24. The van der Waals surface area contributed by atoms with Crippen LogP contribution in [0.3, 0.4) is 0 Å². The third kappa shape index (κ3) is 3.91. The second-order valence-corrected chi connectivity index (χ2v) is 4.84. The number of nitrogens with zero attached hydrogens (tertiary/aromatic N) is 2. The maximum atomic E-state index is 10.3. The van der Waals surface area contributed by atoms with Crippen LogP contribution in [0, 0.1) is 6.92 Å². The summed E-state index contributed by atoms with van der Waals surface area (Å²) in [6.45, 7) is 6.44. The number of hydrogen-bond acceptors (Lipinski definition) is 3. The fourth-order valence-corrected chi connectivity index (χ4v) is 2.06. The number of nitrogens with one attached hydrogen (secondary N) is 1. The fourth-order valence-electron chi connectivity index (χ4n) is 2.06. The summed E-state index contributed by atoms with van der Waals surface area (Å²) in [5, 5.41) is 17.2. The van der Waals surface area contributed by atoms with Crippen LogP contribution in [-0.2, 0) is 6.54 Å². The number of likely N-dealkylation sites (N-methyl/N-ethyl adjacent to an activating group) is 1.